The number of nitrogens with zero attached hydrogens (tertiary/aromatic N) is 1. The summed E-state index contributed by atoms with van der Waals surface area (Å²) in [5.41, 5.74) is 0.209. The predicted octanol–water partition coefficient (Wildman–Crippen LogP) is 4.53. The number of hydrogen-bond donors (Lipinski definition) is 1. The maximum atomic E-state index is 12.2. The van der Waals surface area contributed by atoms with Crippen molar-refractivity contribution in [3.05, 3.63) is 61.5 Å². The van der Waals surface area contributed by atoms with Crippen LogP contribution in [-0.4, -0.2) is 16.9 Å². The summed E-state index contributed by atoms with van der Waals surface area (Å²) in [4.78, 5) is 22.5. The molecule has 2 aromatic carbocycles. The van der Waals surface area contributed by atoms with Crippen molar-refractivity contribution < 1.29 is 14.5 Å². The highest BCUT2D eigenvalue weighted by Crippen LogP contribution is 2.27. The van der Waals surface area contributed by atoms with Gasteiger partial charge in [-0.25, -0.2) is 0 Å². The quantitative estimate of drug-likeness (QED) is 0.543. The molecule has 120 valence electrons. The van der Waals surface area contributed by atoms with Gasteiger partial charge >= 0.3 is 0 Å². The lowest BCUT2D eigenvalue weighted by molar-refractivity contribution is -0.384. The van der Waals surface area contributed by atoms with Gasteiger partial charge in [-0.2, -0.15) is 0 Å². The topological polar surface area (TPSA) is 81.5 Å². The van der Waals surface area contributed by atoms with Crippen LogP contribution in [0, 0.1) is 10.1 Å². The van der Waals surface area contributed by atoms with Crippen molar-refractivity contribution in [2.45, 2.75) is 13.0 Å². The summed E-state index contributed by atoms with van der Waals surface area (Å²) < 4.78 is 6.99. The molecule has 0 saturated heterocycles. The van der Waals surface area contributed by atoms with Gasteiger partial charge in [0.1, 0.15) is 5.75 Å². The van der Waals surface area contributed by atoms with Gasteiger partial charge in [-0.15, -0.1) is 0 Å². The first-order valence-electron chi connectivity index (χ1n) is 6.54. The molecule has 2 rings (SSSR count). The van der Waals surface area contributed by atoms with Gasteiger partial charge < -0.3 is 10.1 Å². The van der Waals surface area contributed by atoms with Gasteiger partial charge in [-0.1, -0.05) is 15.9 Å². The number of nitro groups is 1. The van der Waals surface area contributed by atoms with E-state index < -0.39 is 16.9 Å². The Kier molecular flexibility index (Phi) is 5.73. The number of ether oxygens (including phenoxy) is 1. The number of non-ortho nitro benzene ring substituents is 1. The van der Waals surface area contributed by atoms with Crippen LogP contribution < -0.4 is 10.1 Å². The first-order chi connectivity index (χ1) is 10.9. The second-order valence-corrected chi connectivity index (χ2v) is 6.39. The smallest absolute Gasteiger partial charge is 0.271 e. The van der Waals surface area contributed by atoms with Crippen LogP contribution in [-0.2, 0) is 4.79 Å². The normalized spacial score (nSPS) is 11.6. The largest absolute Gasteiger partial charge is 0.481 e. The summed E-state index contributed by atoms with van der Waals surface area (Å²) in [7, 11) is 0. The van der Waals surface area contributed by atoms with E-state index in [0.29, 0.717) is 15.9 Å². The Morgan fingerprint density at radius 2 is 1.87 bits per heavy atom. The number of benzene rings is 2. The minimum Gasteiger partial charge on any atom is -0.481 e. The lowest BCUT2D eigenvalue weighted by Crippen LogP contribution is -2.30. The first-order valence-corrected chi connectivity index (χ1v) is 8.12. The van der Waals surface area contributed by atoms with Crippen LogP contribution >= 0.6 is 31.9 Å². The number of amides is 1. The number of anilines is 1. The lowest BCUT2D eigenvalue weighted by atomic mass is 10.2. The van der Waals surface area contributed by atoms with Gasteiger partial charge in [0.05, 0.1) is 10.6 Å². The second kappa shape index (κ2) is 7.56. The van der Waals surface area contributed by atoms with Crippen LogP contribution in [0.5, 0.6) is 5.75 Å². The minimum atomic E-state index is -0.762. The maximum Gasteiger partial charge on any atom is 0.271 e. The molecule has 23 heavy (non-hydrogen) atoms. The molecule has 0 heterocycles. The predicted molar refractivity (Wildman–Crippen MR) is 93.7 cm³/mol. The molecule has 2 aromatic rings. The third kappa shape index (κ3) is 4.77. The Labute approximate surface area is 149 Å². The van der Waals surface area contributed by atoms with Crippen LogP contribution in [0.2, 0.25) is 0 Å². The molecule has 0 aliphatic carbocycles. The third-order valence-corrected chi connectivity index (χ3v) is 4.13. The minimum absolute atomic E-state index is 0.106. The van der Waals surface area contributed by atoms with Crippen molar-refractivity contribution in [1.29, 1.82) is 0 Å². The number of nitro benzene ring substituents is 1. The summed E-state index contributed by atoms with van der Waals surface area (Å²) in [6.45, 7) is 1.60. The summed E-state index contributed by atoms with van der Waals surface area (Å²) in [5, 5.41) is 13.4. The number of nitrogens with one attached hydrogen (secondary N) is 1. The molecule has 1 N–H and O–H groups in total. The Balaban J connectivity index is 2.07. The number of carbonyl (C=O) groups excluding carboxylic acids is 1. The van der Waals surface area contributed by atoms with Crippen molar-refractivity contribution in [2.24, 2.45) is 0 Å². The van der Waals surface area contributed by atoms with E-state index >= 15 is 0 Å². The summed E-state index contributed by atoms with van der Waals surface area (Å²) in [5.74, 6) is 0.142. The van der Waals surface area contributed by atoms with Crippen molar-refractivity contribution >= 4 is 49.1 Å². The van der Waals surface area contributed by atoms with Crippen LogP contribution in [0.4, 0.5) is 11.4 Å². The number of halogens is 2. The zero-order valence-corrected chi connectivity index (χ0v) is 15.1. The Bertz CT molecular complexity index is 735. The first kappa shape index (κ1) is 17.4. The Morgan fingerprint density at radius 1 is 1.22 bits per heavy atom. The average molecular weight is 444 g/mol. The molecular weight excluding hydrogens is 432 g/mol. The highest BCUT2D eigenvalue weighted by molar-refractivity contribution is 9.10. The van der Waals surface area contributed by atoms with Crippen LogP contribution in [0.3, 0.4) is 0 Å². The molecular formula is C15H12Br2N2O4. The number of rotatable bonds is 5. The van der Waals surface area contributed by atoms with E-state index in [1.165, 1.54) is 18.2 Å². The van der Waals surface area contributed by atoms with E-state index in [-0.39, 0.29) is 5.69 Å². The van der Waals surface area contributed by atoms with Crippen molar-refractivity contribution in [3.8, 4) is 5.75 Å². The SMILES string of the molecule is CC(Oc1ccc(Br)cc1)C(=O)Nc1cc([N+](=O)[O-])ccc1Br. The fourth-order valence-corrected chi connectivity index (χ4v) is 2.34. The van der Waals surface area contributed by atoms with Gasteiger partial charge in [0, 0.05) is 21.1 Å². The lowest BCUT2D eigenvalue weighted by Gasteiger charge is -2.15. The summed E-state index contributed by atoms with van der Waals surface area (Å²) >= 11 is 6.56. The summed E-state index contributed by atoms with van der Waals surface area (Å²) in [6, 6.07) is 11.2. The molecule has 1 unspecified atom stereocenters. The molecule has 0 aliphatic rings. The Morgan fingerprint density at radius 3 is 2.48 bits per heavy atom. The van der Waals surface area contributed by atoms with E-state index in [1.807, 2.05) is 0 Å². The summed E-state index contributed by atoms with van der Waals surface area (Å²) in [6.07, 6.45) is -0.762. The number of carbonyl (C=O) groups is 1. The zero-order chi connectivity index (χ0) is 17.0. The fourth-order valence-electron chi connectivity index (χ4n) is 1.73. The highest BCUT2D eigenvalue weighted by Gasteiger charge is 2.18. The van der Waals surface area contributed by atoms with Crippen LogP contribution in [0.1, 0.15) is 6.92 Å². The van der Waals surface area contributed by atoms with Gasteiger partial charge in [0.25, 0.3) is 11.6 Å². The van der Waals surface area contributed by atoms with E-state index in [9.17, 15) is 14.9 Å². The molecule has 0 fully saturated rings. The fraction of sp³-hybridized carbons (Fsp3) is 0.133. The highest BCUT2D eigenvalue weighted by atomic mass is 79.9. The van der Waals surface area contributed by atoms with Gasteiger partial charge in [0.2, 0.25) is 0 Å². The average Bonchev–Trinajstić information content (AvgIpc) is 2.51. The van der Waals surface area contributed by atoms with Gasteiger partial charge in [0.15, 0.2) is 6.10 Å². The Hall–Kier alpha value is -1.93. The molecule has 1 amide bonds. The van der Waals surface area contributed by atoms with E-state index in [4.69, 9.17) is 4.74 Å². The van der Waals surface area contributed by atoms with Crippen molar-refractivity contribution in [2.75, 3.05) is 5.32 Å². The molecule has 0 bridgehead atoms. The van der Waals surface area contributed by atoms with E-state index in [2.05, 4.69) is 37.2 Å². The molecule has 0 aromatic heterocycles. The van der Waals surface area contributed by atoms with Crippen molar-refractivity contribution in [1.82, 2.24) is 0 Å². The van der Waals surface area contributed by atoms with Crippen molar-refractivity contribution in [3.63, 3.8) is 0 Å². The second-order valence-electron chi connectivity index (χ2n) is 4.62. The van der Waals surface area contributed by atoms with Crippen LogP contribution in [0.25, 0.3) is 0 Å². The molecule has 0 radical (unpaired) electrons. The van der Waals surface area contributed by atoms with E-state index in [1.54, 1.807) is 31.2 Å². The van der Waals surface area contributed by atoms with E-state index in [0.717, 1.165) is 4.47 Å². The molecule has 6 nitrogen and oxygen atoms in total. The van der Waals surface area contributed by atoms with Gasteiger partial charge in [-0.05, 0) is 53.2 Å². The number of hydrogen-bond acceptors (Lipinski definition) is 4. The third-order valence-electron chi connectivity index (χ3n) is 2.91. The van der Waals surface area contributed by atoms with Gasteiger partial charge in [-0.3, -0.25) is 14.9 Å². The standard InChI is InChI=1S/C15H12Br2N2O4/c1-9(23-12-5-2-10(16)3-6-12)15(20)18-14-8-11(19(21)22)4-7-13(14)17/h2-9H,1H3,(H,18,20). The monoisotopic (exact) mass is 442 g/mol. The maximum absolute atomic E-state index is 12.2. The zero-order valence-electron chi connectivity index (χ0n) is 12.0. The molecule has 1 atom stereocenters. The molecule has 0 saturated carbocycles. The molecule has 8 heteroatoms. The molecule has 0 spiro atoms. The van der Waals surface area contributed by atoms with Crippen LogP contribution in [0.15, 0.2) is 51.4 Å². The molecule has 0 aliphatic heterocycles.